The third kappa shape index (κ3) is 7.42. The molecule has 4 rings (SSSR count). The summed E-state index contributed by atoms with van der Waals surface area (Å²) in [6.07, 6.45) is 2.03. The van der Waals surface area contributed by atoms with Gasteiger partial charge < -0.3 is 14.8 Å². The van der Waals surface area contributed by atoms with Crippen LogP contribution in [0.15, 0.2) is 89.1 Å². The molecule has 1 heterocycles. The molecule has 0 aromatic heterocycles. The molecule has 1 aliphatic heterocycles. The molecule has 7 heteroatoms. The summed E-state index contributed by atoms with van der Waals surface area (Å²) in [5.41, 5.74) is 7.14. The van der Waals surface area contributed by atoms with E-state index in [0.29, 0.717) is 24.4 Å². The van der Waals surface area contributed by atoms with E-state index in [9.17, 15) is 9.59 Å². The van der Waals surface area contributed by atoms with Crippen molar-refractivity contribution < 1.29 is 19.1 Å². The second-order valence-electron chi connectivity index (χ2n) is 9.58. The molecule has 0 bridgehead atoms. The van der Waals surface area contributed by atoms with E-state index in [-0.39, 0.29) is 11.9 Å². The van der Waals surface area contributed by atoms with E-state index in [4.69, 9.17) is 14.5 Å². The molecule has 1 N–H and O–H groups in total. The van der Waals surface area contributed by atoms with Crippen LogP contribution in [0.1, 0.15) is 60.3 Å². The molecule has 0 amide bonds. The number of nitrogens with one attached hydrogen (secondary N) is 1. The Bertz CT molecular complexity index is 1390. The summed E-state index contributed by atoms with van der Waals surface area (Å²) in [7, 11) is 0. The zero-order valence-corrected chi connectivity index (χ0v) is 24.3. The molecular formula is C33H36N2O4S. The van der Waals surface area contributed by atoms with Gasteiger partial charge in [0.05, 0.1) is 24.4 Å². The molecule has 0 aliphatic carbocycles. The maximum absolute atomic E-state index is 12.9. The summed E-state index contributed by atoms with van der Waals surface area (Å²) >= 11 is 1.67. The fraction of sp³-hybridized carbons (Fsp3) is 0.303. The van der Waals surface area contributed by atoms with Crippen LogP contribution in [0, 0.1) is 6.92 Å². The molecule has 1 atom stereocenters. The summed E-state index contributed by atoms with van der Waals surface area (Å²) in [6, 6.07) is 23.5. The van der Waals surface area contributed by atoms with E-state index in [0.717, 1.165) is 46.1 Å². The zero-order chi connectivity index (χ0) is 28.5. The van der Waals surface area contributed by atoms with E-state index in [1.165, 1.54) is 11.1 Å². The van der Waals surface area contributed by atoms with E-state index < -0.39 is 6.04 Å². The third-order valence-corrected chi connectivity index (χ3v) is 7.59. The van der Waals surface area contributed by atoms with Crippen LogP contribution in [0.25, 0.3) is 11.1 Å². The van der Waals surface area contributed by atoms with Crippen LogP contribution in [0.2, 0.25) is 0 Å². The molecule has 1 aliphatic rings. The van der Waals surface area contributed by atoms with Gasteiger partial charge in [-0.15, -0.1) is 0 Å². The standard InChI is InChI=1S/C33H36N2O4S/c1-5-38-31(36)28-11-7-10-27(21-28)25-16-18-26(19-17-25)30-29(32(37)39-6-2)23(4)34-33(35-30)40-20-8-9-24-14-12-22(3)13-15-24/h7,10-19,21,30H,5-6,8-9,20H2,1-4H3,(H,34,35). The first-order valence-corrected chi connectivity index (χ1v) is 14.7. The number of amidine groups is 1. The first-order chi connectivity index (χ1) is 19.4. The van der Waals surface area contributed by atoms with E-state index in [1.54, 1.807) is 31.7 Å². The average molecular weight is 557 g/mol. The lowest BCUT2D eigenvalue weighted by molar-refractivity contribution is -0.138. The van der Waals surface area contributed by atoms with E-state index >= 15 is 0 Å². The van der Waals surface area contributed by atoms with Gasteiger partial charge in [-0.25, -0.2) is 14.6 Å². The highest BCUT2D eigenvalue weighted by Gasteiger charge is 2.30. The molecule has 3 aromatic rings. The minimum atomic E-state index is -0.472. The molecule has 6 nitrogen and oxygen atoms in total. The molecular weight excluding hydrogens is 520 g/mol. The van der Waals surface area contributed by atoms with Crippen LogP contribution in [-0.4, -0.2) is 36.1 Å². The molecule has 40 heavy (non-hydrogen) atoms. The molecule has 0 spiro atoms. The largest absolute Gasteiger partial charge is 0.463 e. The van der Waals surface area contributed by atoms with Crippen LogP contribution in [0.5, 0.6) is 0 Å². The average Bonchev–Trinajstić information content (AvgIpc) is 2.96. The summed E-state index contributed by atoms with van der Waals surface area (Å²) in [5.74, 6) is 0.203. The minimum Gasteiger partial charge on any atom is -0.463 e. The number of rotatable bonds is 10. The first-order valence-electron chi connectivity index (χ1n) is 13.7. The van der Waals surface area contributed by atoms with Gasteiger partial charge >= 0.3 is 11.9 Å². The second-order valence-corrected chi connectivity index (χ2v) is 10.7. The predicted octanol–water partition coefficient (Wildman–Crippen LogP) is 7.04. The fourth-order valence-corrected chi connectivity index (χ4v) is 5.42. The fourth-order valence-electron chi connectivity index (χ4n) is 4.53. The third-order valence-electron chi connectivity index (χ3n) is 6.62. The van der Waals surface area contributed by atoms with Gasteiger partial charge in [-0.2, -0.15) is 0 Å². The van der Waals surface area contributed by atoms with Gasteiger partial charge in [0.2, 0.25) is 0 Å². The van der Waals surface area contributed by atoms with Gasteiger partial charge in [0.25, 0.3) is 0 Å². The van der Waals surface area contributed by atoms with E-state index in [1.807, 2.05) is 49.4 Å². The summed E-state index contributed by atoms with van der Waals surface area (Å²) < 4.78 is 10.5. The minimum absolute atomic E-state index is 0.294. The number of benzene rings is 3. The van der Waals surface area contributed by atoms with Crippen molar-refractivity contribution in [1.82, 2.24) is 5.32 Å². The van der Waals surface area contributed by atoms with Gasteiger partial charge in [-0.3, -0.25) is 0 Å². The maximum atomic E-state index is 12.9. The number of thioether (sulfide) groups is 1. The Morgan fingerprint density at radius 3 is 2.27 bits per heavy atom. The second kappa shape index (κ2) is 14.0. The van der Waals surface area contributed by atoms with Crippen molar-refractivity contribution in [2.24, 2.45) is 4.99 Å². The summed E-state index contributed by atoms with van der Waals surface area (Å²) in [4.78, 5) is 30.1. The van der Waals surface area contributed by atoms with Gasteiger partial charge in [-0.05, 0) is 74.9 Å². The van der Waals surface area contributed by atoms with Crippen molar-refractivity contribution in [3.63, 3.8) is 0 Å². The van der Waals surface area contributed by atoms with Crippen molar-refractivity contribution in [2.75, 3.05) is 19.0 Å². The molecule has 3 aromatic carbocycles. The zero-order valence-electron chi connectivity index (χ0n) is 23.5. The lowest BCUT2D eigenvalue weighted by atomic mass is 9.94. The number of aliphatic imine (C=N–C) groups is 1. The van der Waals surface area contributed by atoms with Crippen LogP contribution >= 0.6 is 11.8 Å². The molecule has 1 unspecified atom stereocenters. The quantitative estimate of drug-likeness (QED) is 0.213. The van der Waals surface area contributed by atoms with Crippen molar-refractivity contribution >= 4 is 28.9 Å². The number of allylic oxidation sites excluding steroid dienone is 1. The first kappa shape index (κ1) is 29.2. The number of nitrogens with zero attached hydrogens (tertiary/aromatic N) is 1. The van der Waals surface area contributed by atoms with Gasteiger partial charge in [0.15, 0.2) is 5.17 Å². The number of ether oxygens (including phenoxy) is 2. The Morgan fingerprint density at radius 2 is 1.57 bits per heavy atom. The van der Waals surface area contributed by atoms with Crippen molar-refractivity contribution in [2.45, 2.75) is 46.6 Å². The van der Waals surface area contributed by atoms with Crippen LogP contribution < -0.4 is 5.32 Å². The maximum Gasteiger partial charge on any atom is 0.338 e. The number of carbonyl (C=O) groups excluding carboxylic acids is 2. The van der Waals surface area contributed by atoms with Crippen LogP contribution in [0.4, 0.5) is 0 Å². The number of esters is 2. The molecule has 0 radical (unpaired) electrons. The van der Waals surface area contributed by atoms with Gasteiger partial charge in [-0.1, -0.05) is 78.0 Å². The normalized spacial score (nSPS) is 14.8. The van der Waals surface area contributed by atoms with Gasteiger partial charge in [0.1, 0.15) is 6.04 Å². The lowest BCUT2D eigenvalue weighted by Gasteiger charge is -2.26. The predicted molar refractivity (Wildman–Crippen MR) is 162 cm³/mol. The van der Waals surface area contributed by atoms with Crippen molar-refractivity contribution in [3.8, 4) is 11.1 Å². The molecule has 0 fully saturated rings. The summed E-state index contributed by atoms with van der Waals surface area (Å²) in [6.45, 7) is 8.22. The monoisotopic (exact) mass is 556 g/mol. The number of hydrogen-bond donors (Lipinski definition) is 1. The van der Waals surface area contributed by atoms with Gasteiger partial charge in [0, 0.05) is 11.4 Å². The molecule has 0 saturated heterocycles. The Hall–Kier alpha value is -3.84. The van der Waals surface area contributed by atoms with Crippen molar-refractivity contribution in [3.05, 3.63) is 106 Å². The smallest absolute Gasteiger partial charge is 0.338 e. The number of carbonyl (C=O) groups is 2. The highest BCUT2D eigenvalue weighted by molar-refractivity contribution is 8.13. The van der Waals surface area contributed by atoms with E-state index in [2.05, 4.69) is 36.5 Å². The topological polar surface area (TPSA) is 77.0 Å². The number of hydrogen-bond acceptors (Lipinski definition) is 7. The Labute approximate surface area is 240 Å². The van der Waals surface area contributed by atoms with Crippen LogP contribution in [0.3, 0.4) is 0 Å². The lowest BCUT2D eigenvalue weighted by Crippen LogP contribution is -2.30. The Morgan fingerprint density at radius 1 is 0.875 bits per heavy atom. The Balaban J connectivity index is 1.52. The highest BCUT2D eigenvalue weighted by Crippen LogP contribution is 2.34. The highest BCUT2D eigenvalue weighted by atomic mass is 32.2. The molecule has 0 saturated carbocycles. The van der Waals surface area contributed by atoms with Crippen molar-refractivity contribution in [1.29, 1.82) is 0 Å². The number of aryl methyl sites for hydroxylation is 2. The SMILES string of the molecule is CCOC(=O)C1=C(C)NC(SCCCc2ccc(C)cc2)=NC1c1ccc(-c2cccc(C(=O)OCC)c2)cc1. The Kier molecular flexibility index (Phi) is 10.2. The summed E-state index contributed by atoms with van der Waals surface area (Å²) in [5, 5.41) is 4.12. The van der Waals surface area contributed by atoms with Crippen LogP contribution in [-0.2, 0) is 20.7 Å². The molecule has 208 valence electrons.